The van der Waals surface area contributed by atoms with Crippen LogP contribution >= 0.6 is 0 Å². The van der Waals surface area contributed by atoms with Crippen LogP contribution in [0.15, 0.2) is 59.5 Å². The molecule has 7 heteroatoms. The van der Waals surface area contributed by atoms with Gasteiger partial charge in [0.25, 0.3) is 0 Å². The maximum absolute atomic E-state index is 12.4. The number of nitrogens with zero attached hydrogens (tertiary/aromatic N) is 1. The summed E-state index contributed by atoms with van der Waals surface area (Å²) in [6, 6.07) is 14.7. The second-order valence-electron chi connectivity index (χ2n) is 5.46. The Morgan fingerprint density at radius 2 is 1.75 bits per heavy atom. The zero-order valence-corrected chi connectivity index (χ0v) is 13.9. The summed E-state index contributed by atoms with van der Waals surface area (Å²) >= 11 is 0. The number of carbonyl (C=O) groups excluding carboxylic acids is 1. The van der Waals surface area contributed by atoms with Gasteiger partial charge in [-0.05, 0) is 18.2 Å². The van der Waals surface area contributed by atoms with Crippen molar-refractivity contribution in [3.05, 3.63) is 60.2 Å². The molecule has 1 saturated heterocycles. The number of hydrogen-bond acceptors (Lipinski definition) is 5. The van der Waals surface area contributed by atoms with Crippen LogP contribution in [0.25, 0.3) is 0 Å². The average Bonchev–Trinajstić information content (AvgIpc) is 2.58. The minimum atomic E-state index is -3.93. The van der Waals surface area contributed by atoms with Crippen molar-refractivity contribution in [2.24, 2.45) is 0 Å². The van der Waals surface area contributed by atoms with Crippen LogP contribution in [0.2, 0.25) is 0 Å². The van der Waals surface area contributed by atoms with Crippen LogP contribution in [0.3, 0.4) is 0 Å². The Balaban J connectivity index is 1.89. The zero-order valence-electron chi connectivity index (χ0n) is 13.1. The monoisotopic (exact) mass is 347 g/mol. The smallest absolute Gasteiger partial charge is 0.339 e. The Morgan fingerprint density at radius 1 is 1.08 bits per heavy atom. The summed E-state index contributed by atoms with van der Waals surface area (Å²) in [5, 5.41) is 0. The zero-order chi connectivity index (χ0) is 17.2. The first-order valence-electron chi connectivity index (χ1n) is 7.41. The highest BCUT2D eigenvalue weighted by atomic mass is 32.2. The Kier molecular flexibility index (Phi) is 4.55. The van der Waals surface area contributed by atoms with E-state index in [-0.39, 0.29) is 23.2 Å². The summed E-state index contributed by atoms with van der Waals surface area (Å²) in [4.78, 5) is 13.2. The lowest BCUT2D eigenvalue weighted by molar-refractivity contribution is -0.147. The van der Waals surface area contributed by atoms with Crippen molar-refractivity contribution in [1.29, 1.82) is 0 Å². The van der Waals surface area contributed by atoms with E-state index in [1.165, 1.54) is 12.1 Å². The first-order chi connectivity index (χ1) is 11.5. The molecule has 0 aromatic heterocycles. The molecule has 6 nitrogen and oxygen atoms in total. The third-order valence-corrected chi connectivity index (χ3v) is 5.02. The van der Waals surface area contributed by atoms with Gasteiger partial charge in [-0.2, -0.15) is 8.42 Å². The van der Waals surface area contributed by atoms with Crippen LogP contribution in [-0.4, -0.2) is 39.4 Å². The van der Waals surface area contributed by atoms with E-state index >= 15 is 0 Å². The van der Waals surface area contributed by atoms with E-state index in [4.69, 9.17) is 8.92 Å². The van der Waals surface area contributed by atoms with Crippen molar-refractivity contribution >= 4 is 16.0 Å². The molecule has 1 atom stereocenters. The quantitative estimate of drug-likeness (QED) is 0.791. The van der Waals surface area contributed by atoms with Crippen molar-refractivity contribution in [1.82, 2.24) is 4.90 Å². The van der Waals surface area contributed by atoms with Gasteiger partial charge in [0.1, 0.15) is 23.4 Å². The highest BCUT2D eigenvalue weighted by Crippen LogP contribution is 2.31. The van der Waals surface area contributed by atoms with Crippen LogP contribution in [0, 0.1) is 0 Å². The number of benzene rings is 2. The molecule has 24 heavy (non-hydrogen) atoms. The molecule has 1 aliphatic heterocycles. The highest BCUT2D eigenvalue weighted by molar-refractivity contribution is 7.87. The minimum absolute atomic E-state index is 0.0407. The van der Waals surface area contributed by atoms with Gasteiger partial charge < -0.3 is 13.8 Å². The maximum Gasteiger partial charge on any atom is 0.339 e. The number of hydrogen-bond donors (Lipinski definition) is 0. The third-order valence-electron chi connectivity index (χ3n) is 3.77. The second kappa shape index (κ2) is 6.62. The van der Waals surface area contributed by atoms with Crippen LogP contribution in [0.5, 0.6) is 5.75 Å². The van der Waals surface area contributed by atoms with Gasteiger partial charge in [-0.1, -0.05) is 36.4 Å². The van der Waals surface area contributed by atoms with Gasteiger partial charge in [-0.25, -0.2) is 0 Å². The lowest BCUT2D eigenvalue weighted by atomic mass is 10.1. The van der Waals surface area contributed by atoms with Gasteiger partial charge in [0.2, 0.25) is 5.91 Å². The largest absolute Gasteiger partial charge is 0.379 e. The first kappa shape index (κ1) is 16.5. The molecule has 0 bridgehead atoms. The molecular weight excluding hydrogens is 330 g/mol. The normalized spacial score (nSPS) is 18.5. The van der Waals surface area contributed by atoms with Gasteiger partial charge in [0, 0.05) is 12.6 Å². The van der Waals surface area contributed by atoms with E-state index < -0.39 is 16.2 Å². The summed E-state index contributed by atoms with van der Waals surface area (Å²) in [5.41, 5.74) is 0.594. The average molecular weight is 347 g/mol. The lowest BCUT2D eigenvalue weighted by Crippen LogP contribution is -2.40. The lowest BCUT2D eigenvalue weighted by Gasteiger charge is -2.30. The molecule has 0 unspecified atom stereocenters. The van der Waals surface area contributed by atoms with Crippen LogP contribution < -0.4 is 4.18 Å². The summed E-state index contributed by atoms with van der Waals surface area (Å²) in [6.07, 6.45) is -0.435. The van der Waals surface area contributed by atoms with Crippen LogP contribution in [-0.2, 0) is 19.6 Å². The molecule has 1 heterocycles. The SMILES string of the molecule is CN1C[C@@H](c2ccccc2OS(=O)(=O)c2ccccc2)OCC1=O. The second-order valence-corrected chi connectivity index (χ2v) is 7.01. The molecule has 3 rings (SSSR count). The van der Waals surface area contributed by atoms with Crippen molar-refractivity contribution in [2.75, 3.05) is 20.2 Å². The number of para-hydroxylation sites is 1. The first-order valence-corrected chi connectivity index (χ1v) is 8.82. The summed E-state index contributed by atoms with van der Waals surface area (Å²) < 4.78 is 35.7. The highest BCUT2D eigenvalue weighted by Gasteiger charge is 2.28. The Labute approximate surface area is 140 Å². The molecule has 2 aromatic carbocycles. The van der Waals surface area contributed by atoms with E-state index in [2.05, 4.69) is 0 Å². The summed E-state index contributed by atoms with van der Waals surface area (Å²) in [5.74, 6) is 0.0932. The van der Waals surface area contributed by atoms with E-state index in [1.54, 1.807) is 54.4 Å². The Morgan fingerprint density at radius 3 is 2.46 bits per heavy atom. The molecule has 126 valence electrons. The van der Waals surface area contributed by atoms with Crippen LogP contribution in [0.4, 0.5) is 0 Å². The standard InChI is InChI=1S/C17H17NO5S/c1-18-11-16(22-12-17(18)19)14-9-5-6-10-15(14)23-24(20,21)13-7-3-2-4-8-13/h2-10,16H,11-12H2,1H3/t16-/m0/s1. The number of ether oxygens (including phenoxy) is 1. The van der Waals surface area contributed by atoms with E-state index in [0.717, 1.165) is 0 Å². The number of carbonyl (C=O) groups is 1. The molecule has 0 aliphatic carbocycles. The molecule has 0 spiro atoms. The number of likely N-dealkylation sites (N-methyl/N-ethyl adjacent to an activating group) is 1. The number of amides is 1. The van der Waals surface area contributed by atoms with Crippen molar-refractivity contribution in [3.63, 3.8) is 0 Å². The molecule has 0 N–H and O–H groups in total. The minimum Gasteiger partial charge on any atom is -0.379 e. The topological polar surface area (TPSA) is 72.9 Å². The number of rotatable bonds is 4. The maximum atomic E-state index is 12.4. The fraction of sp³-hybridized carbons (Fsp3) is 0.235. The predicted molar refractivity (Wildman–Crippen MR) is 87.0 cm³/mol. The van der Waals surface area contributed by atoms with Crippen LogP contribution in [0.1, 0.15) is 11.7 Å². The third kappa shape index (κ3) is 3.42. The summed E-state index contributed by atoms with van der Waals surface area (Å²) in [7, 11) is -2.25. The fourth-order valence-corrected chi connectivity index (χ4v) is 3.42. The molecule has 0 saturated carbocycles. The molecule has 1 fully saturated rings. The summed E-state index contributed by atoms with van der Waals surface area (Å²) in [6.45, 7) is 0.297. The van der Waals surface area contributed by atoms with Gasteiger partial charge >= 0.3 is 10.1 Å². The van der Waals surface area contributed by atoms with Gasteiger partial charge in [0.05, 0.1) is 6.54 Å². The molecule has 2 aromatic rings. The molecule has 0 radical (unpaired) electrons. The fourth-order valence-electron chi connectivity index (χ4n) is 2.45. The van der Waals surface area contributed by atoms with Gasteiger partial charge in [-0.3, -0.25) is 4.79 Å². The van der Waals surface area contributed by atoms with Crippen molar-refractivity contribution in [3.8, 4) is 5.75 Å². The Hall–Kier alpha value is -2.38. The van der Waals surface area contributed by atoms with Gasteiger partial charge in [-0.15, -0.1) is 0 Å². The van der Waals surface area contributed by atoms with E-state index in [9.17, 15) is 13.2 Å². The molecular formula is C17H17NO5S. The van der Waals surface area contributed by atoms with E-state index in [1.807, 2.05) is 0 Å². The molecule has 1 aliphatic rings. The van der Waals surface area contributed by atoms with Crippen molar-refractivity contribution < 1.29 is 22.1 Å². The van der Waals surface area contributed by atoms with E-state index in [0.29, 0.717) is 12.1 Å². The predicted octanol–water partition coefficient (Wildman–Crippen LogP) is 1.98. The van der Waals surface area contributed by atoms with Gasteiger partial charge in [0.15, 0.2) is 0 Å². The Bertz CT molecular complexity index is 835. The molecule has 1 amide bonds. The van der Waals surface area contributed by atoms with Crippen molar-refractivity contribution in [2.45, 2.75) is 11.0 Å². The number of morpholine rings is 1.